The molecule has 0 radical (unpaired) electrons. The fourth-order valence-electron chi connectivity index (χ4n) is 2.09. The van der Waals surface area contributed by atoms with Crippen LogP contribution in [0, 0.1) is 12.8 Å². The fourth-order valence-corrected chi connectivity index (χ4v) is 2.31. The number of hydrogen-bond acceptors (Lipinski definition) is 3. The van der Waals surface area contributed by atoms with Crippen LogP contribution in [0.1, 0.15) is 25.0 Å². The second kappa shape index (κ2) is 9.73. The molecule has 0 aliphatic heterocycles. The largest absolute Gasteiger partial charge is 0.493 e. The zero-order valence-electron chi connectivity index (χ0n) is 15.3. The molecule has 136 valence electrons. The Kier molecular flexibility index (Phi) is 7.36. The van der Waals surface area contributed by atoms with Crippen molar-refractivity contribution >= 4 is 35.0 Å². The van der Waals surface area contributed by atoms with Gasteiger partial charge in [-0.2, -0.15) is 0 Å². The first-order valence-electron chi connectivity index (χ1n) is 8.52. The van der Waals surface area contributed by atoms with Gasteiger partial charge in [0.25, 0.3) is 0 Å². The molecule has 2 N–H and O–H groups in total. The van der Waals surface area contributed by atoms with Gasteiger partial charge in [-0.25, -0.2) is 0 Å². The van der Waals surface area contributed by atoms with Crippen LogP contribution in [0.4, 0.5) is 5.69 Å². The molecule has 1 amide bonds. The molecule has 4 nitrogen and oxygen atoms in total. The van der Waals surface area contributed by atoms with Gasteiger partial charge in [0.1, 0.15) is 5.75 Å². The number of aryl methyl sites for hydroxylation is 1. The van der Waals surface area contributed by atoms with Gasteiger partial charge in [0.2, 0.25) is 5.91 Å². The lowest BCUT2D eigenvalue weighted by Crippen LogP contribution is -2.32. The molecule has 0 saturated carbocycles. The molecule has 0 heterocycles. The van der Waals surface area contributed by atoms with E-state index in [0.717, 1.165) is 17.0 Å². The van der Waals surface area contributed by atoms with Crippen molar-refractivity contribution in [3.8, 4) is 5.75 Å². The third-order valence-electron chi connectivity index (χ3n) is 3.42. The van der Waals surface area contributed by atoms with Crippen LogP contribution in [0.3, 0.4) is 0 Å². The van der Waals surface area contributed by atoms with Crippen molar-refractivity contribution < 1.29 is 9.53 Å². The van der Waals surface area contributed by atoms with Crippen LogP contribution in [-0.4, -0.2) is 17.6 Å². The van der Waals surface area contributed by atoms with Crippen LogP contribution in [0.25, 0.3) is 6.08 Å². The van der Waals surface area contributed by atoms with Crippen LogP contribution in [0.5, 0.6) is 5.75 Å². The zero-order chi connectivity index (χ0) is 18.9. The van der Waals surface area contributed by atoms with Gasteiger partial charge in [0.05, 0.1) is 6.61 Å². The quantitative estimate of drug-likeness (QED) is 0.580. The number of ether oxygens (including phenoxy) is 1. The Labute approximate surface area is 160 Å². The Morgan fingerprint density at radius 3 is 2.62 bits per heavy atom. The minimum atomic E-state index is -0.282. The lowest BCUT2D eigenvalue weighted by Gasteiger charge is -2.12. The van der Waals surface area contributed by atoms with E-state index in [1.165, 1.54) is 11.6 Å². The molecule has 26 heavy (non-hydrogen) atoms. The van der Waals surface area contributed by atoms with E-state index in [0.29, 0.717) is 12.5 Å². The van der Waals surface area contributed by atoms with Gasteiger partial charge in [0.15, 0.2) is 5.11 Å². The maximum absolute atomic E-state index is 12.0. The molecule has 0 bridgehead atoms. The highest BCUT2D eigenvalue weighted by atomic mass is 32.1. The monoisotopic (exact) mass is 368 g/mol. The topological polar surface area (TPSA) is 50.4 Å². The number of hydrogen-bond donors (Lipinski definition) is 2. The van der Waals surface area contributed by atoms with Crippen molar-refractivity contribution in [1.82, 2.24) is 5.32 Å². The standard InChI is InChI=1S/C21H24N2O2S/c1-15(2)14-25-19-6-4-5-18(13-19)22-21(26)23-20(24)12-11-17-9-7-16(3)8-10-17/h4-13,15H,14H2,1-3H3,(H2,22,23,24,26)/b12-11+. The van der Waals surface area contributed by atoms with E-state index < -0.39 is 0 Å². The highest BCUT2D eigenvalue weighted by Gasteiger charge is 2.03. The second-order valence-corrected chi connectivity index (χ2v) is 6.83. The van der Waals surface area contributed by atoms with E-state index in [9.17, 15) is 4.79 Å². The molecule has 2 aromatic rings. The van der Waals surface area contributed by atoms with Crippen LogP contribution < -0.4 is 15.4 Å². The molecular weight excluding hydrogens is 344 g/mol. The first kappa shape index (κ1) is 19.7. The summed E-state index contributed by atoms with van der Waals surface area (Å²) in [5.74, 6) is 0.930. The summed E-state index contributed by atoms with van der Waals surface area (Å²) in [6, 6.07) is 15.4. The van der Waals surface area contributed by atoms with Crippen molar-refractivity contribution in [1.29, 1.82) is 0 Å². The molecule has 5 heteroatoms. The van der Waals surface area contributed by atoms with Gasteiger partial charge in [-0.3, -0.25) is 10.1 Å². The van der Waals surface area contributed by atoms with Gasteiger partial charge in [-0.1, -0.05) is 49.7 Å². The summed E-state index contributed by atoms with van der Waals surface area (Å²) in [6.45, 7) is 6.86. The summed E-state index contributed by atoms with van der Waals surface area (Å²) < 4.78 is 5.68. The lowest BCUT2D eigenvalue weighted by atomic mass is 10.1. The summed E-state index contributed by atoms with van der Waals surface area (Å²) in [7, 11) is 0. The van der Waals surface area contributed by atoms with Gasteiger partial charge in [-0.15, -0.1) is 0 Å². The minimum Gasteiger partial charge on any atom is -0.493 e. The summed E-state index contributed by atoms with van der Waals surface area (Å²) in [5, 5.41) is 5.87. The maximum Gasteiger partial charge on any atom is 0.250 e. The van der Waals surface area contributed by atoms with Gasteiger partial charge in [0, 0.05) is 17.8 Å². The maximum atomic E-state index is 12.0. The average Bonchev–Trinajstić information content (AvgIpc) is 2.59. The summed E-state index contributed by atoms with van der Waals surface area (Å²) in [6.07, 6.45) is 3.21. The molecule has 2 aromatic carbocycles. The highest BCUT2D eigenvalue weighted by Crippen LogP contribution is 2.18. The molecule has 0 aliphatic carbocycles. The molecule has 0 saturated heterocycles. The summed E-state index contributed by atoms with van der Waals surface area (Å²) in [4.78, 5) is 12.0. The molecule has 0 spiro atoms. The number of anilines is 1. The van der Waals surface area contributed by atoms with E-state index in [1.807, 2.05) is 55.5 Å². The number of thiocarbonyl (C=S) groups is 1. The number of amides is 1. The Morgan fingerprint density at radius 2 is 1.92 bits per heavy atom. The molecule has 0 fully saturated rings. The average molecular weight is 369 g/mol. The van der Waals surface area contributed by atoms with Crippen molar-refractivity contribution in [3.63, 3.8) is 0 Å². The van der Waals surface area contributed by atoms with E-state index >= 15 is 0 Å². The van der Waals surface area contributed by atoms with Crippen molar-refractivity contribution in [2.24, 2.45) is 5.92 Å². The van der Waals surface area contributed by atoms with E-state index in [-0.39, 0.29) is 11.0 Å². The first-order valence-corrected chi connectivity index (χ1v) is 8.93. The van der Waals surface area contributed by atoms with Gasteiger partial charge >= 0.3 is 0 Å². The van der Waals surface area contributed by atoms with Crippen LogP contribution in [-0.2, 0) is 4.79 Å². The molecule has 0 unspecified atom stereocenters. The third-order valence-corrected chi connectivity index (χ3v) is 3.62. The number of rotatable bonds is 6. The third kappa shape index (κ3) is 7.07. The molecule has 0 aromatic heterocycles. The summed E-state index contributed by atoms with van der Waals surface area (Å²) >= 11 is 5.19. The van der Waals surface area contributed by atoms with E-state index in [2.05, 4.69) is 24.5 Å². The number of nitrogens with one attached hydrogen (secondary N) is 2. The second-order valence-electron chi connectivity index (χ2n) is 6.42. The Balaban J connectivity index is 1.86. The van der Waals surface area contributed by atoms with E-state index in [4.69, 9.17) is 17.0 Å². The van der Waals surface area contributed by atoms with Crippen LogP contribution in [0.15, 0.2) is 54.6 Å². The SMILES string of the molecule is Cc1ccc(/C=C/C(=O)NC(=S)Nc2cccc(OCC(C)C)c2)cc1. The number of carbonyl (C=O) groups is 1. The van der Waals surface area contributed by atoms with Crippen molar-refractivity contribution in [3.05, 3.63) is 65.7 Å². The normalized spacial score (nSPS) is 10.8. The smallest absolute Gasteiger partial charge is 0.250 e. The van der Waals surface area contributed by atoms with Crippen molar-refractivity contribution in [2.75, 3.05) is 11.9 Å². The zero-order valence-corrected chi connectivity index (χ0v) is 16.1. The first-order chi connectivity index (χ1) is 12.4. The predicted molar refractivity (Wildman–Crippen MR) is 111 cm³/mol. The Morgan fingerprint density at radius 1 is 1.19 bits per heavy atom. The van der Waals surface area contributed by atoms with Gasteiger partial charge in [-0.05, 0) is 48.8 Å². The van der Waals surface area contributed by atoms with Gasteiger partial charge < -0.3 is 10.1 Å². The highest BCUT2D eigenvalue weighted by molar-refractivity contribution is 7.80. The number of carbonyl (C=O) groups excluding carboxylic acids is 1. The van der Waals surface area contributed by atoms with Crippen molar-refractivity contribution in [2.45, 2.75) is 20.8 Å². The predicted octanol–water partition coefficient (Wildman–Crippen LogP) is 4.56. The van der Waals surface area contributed by atoms with E-state index in [1.54, 1.807) is 6.08 Å². The molecule has 0 atom stereocenters. The van der Waals surface area contributed by atoms with Crippen LogP contribution in [0.2, 0.25) is 0 Å². The minimum absolute atomic E-state index is 0.240. The molecule has 2 rings (SSSR count). The lowest BCUT2D eigenvalue weighted by molar-refractivity contribution is -0.115. The Hall–Kier alpha value is -2.66. The Bertz CT molecular complexity index is 783. The van der Waals surface area contributed by atoms with Crippen LogP contribution >= 0.6 is 12.2 Å². The summed E-state index contributed by atoms with van der Waals surface area (Å²) in [5.41, 5.74) is 2.90. The fraction of sp³-hybridized carbons (Fsp3) is 0.238. The molecule has 0 aliphatic rings. The molecular formula is C21H24N2O2S. The number of benzene rings is 2.